The molecule has 3 aliphatic rings. The molecular weight excluding hydrogens is 252 g/mol. The van der Waals surface area contributed by atoms with Crippen LogP contribution in [0.1, 0.15) is 18.4 Å². The lowest BCUT2D eigenvalue weighted by Crippen LogP contribution is -2.57. The molecule has 4 nitrogen and oxygen atoms in total. The molecule has 3 heterocycles. The van der Waals surface area contributed by atoms with Gasteiger partial charge in [-0.25, -0.2) is 4.79 Å². The molecule has 0 saturated carbocycles. The number of alkyl carbamates (subject to hydrolysis) is 1. The number of hydrogen-bond donors (Lipinski definition) is 1. The van der Waals surface area contributed by atoms with Crippen LogP contribution >= 0.6 is 0 Å². The summed E-state index contributed by atoms with van der Waals surface area (Å²) in [7, 11) is 0. The van der Waals surface area contributed by atoms with E-state index in [1.807, 2.05) is 18.2 Å². The summed E-state index contributed by atoms with van der Waals surface area (Å²) in [5.74, 6) is 0.640. The van der Waals surface area contributed by atoms with Gasteiger partial charge in [0, 0.05) is 19.0 Å². The highest BCUT2D eigenvalue weighted by Crippen LogP contribution is 2.27. The van der Waals surface area contributed by atoms with Crippen LogP contribution in [0.15, 0.2) is 30.3 Å². The van der Waals surface area contributed by atoms with Crippen molar-refractivity contribution in [2.45, 2.75) is 25.3 Å². The zero-order chi connectivity index (χ0) is 13.8. The molecule has 0 aromatic heterocycles. The maximum Gasteiger partial charge on any atom is 0.407 e. The molecule has 3 fully saturated rings. The van der Waals surface area contributed by atoms with Gasteiger partial charge >= 0.3 is 6.09 Å². The summed E-state index contributed by atoms with van der Waals surface area (Å²) in [4.78, 5) is 14.3. The highest BCUT2D eigenvalue weighted by Gasteiger charge is 2.35. The van der Waals surface area contributed by atoms with Gasteiger partial charge in [0.15, 0.2) is 0 Å². The summed E-state index contributed by atoms with van der Waals surface area (Å²) in [5, 5.41) is 3.03. The van der Waals surface area contributed by atoms with E-state index in [0.29, 0.717) is 12.5 Å². The molecule has 0 aliphatic carbocycles. The monoisotopic (exact) mass is 274 g/mol. The Morgan fingerprint density at radius 2 is 2.00 bits per heavy atom. The maximum absolute atomic E-state index is 11.8. The predicted octanol–water partition coefficient (Wildman–Crippen LogP) is 2.05. The molecule has 2 bridgehead atoms. The third kappa shape index (κ3) is 3.31. The van der Waals surface area contributed by atoms with Gasteiger partial charge in [-0.05, 0) is 37.4 Å². The van der Waals surface area contributed by atoms with Crippen molar-refractivity contribution >= 4 is 6.09 Å². The van der Waals surface area contributed by atoms with E-state index in [1.54, 1.807) is 0 Å². The first kappa shape index (κ1) is 13.4. The summed E-state index contributed by atoms with van der Waals surface area (Å²) in [6.07, 6.45) is 2.91. The second-order valence-electron chi connectivity index (χ2n) is 5.76. The van der Waals surface area contributed by atoms with Gasteiger partial charge in [0.05, 0.1) is 6.61 Å². The number of piperidine rings is 3. The van der Waals surface area contributed by atoms with Crippen LogP contribution < -0.4 is 5.32 Å². The van der Waals surface area contributed by atoms with Crippen LogP contribution in [0.4, 0.5) is 4.79 Å². The number of nitrogens with one attached hydrogen (secondary N) is 1. The zero-order valence-corrected chi connectivity index (χ0v) is 11.8. The summed E-state index contributed by atoms with van der Waals surface area (Å²) in [6.45, 7) is 3.80. The Bertz CT molecular complexity index is 441. The number of nitrogens with zero attached hydrogens (tertiary/aromatic N) is 1. The van der Waals surface area contributed by atoms with Crippen LogP contribution in [-0.4, -0.2) is 43.3 Å². The second-order valence-corrected chi connectivity index (χ2v) is 5.76. The molecule has 0 radical (unpaired) electrons. The second kappa shape index (κ2) is 6.27. The van der Waals surface area contributed by atoms with E-state index in [9.17, 15) is 4.79 Å². The molecule has 108 valence electrons. The summed E-state index contributed by atoms with van der Waals surface area (Å²) in [5.41, 5.74) is 1.20. The lowest BCUT2D eigenvalue weighted by Gasteiger charge is -2.44. The van der Waals surface area contributed by atoms with Gasteiger partial charge in [-0.2, -0.15) is 0 Å². The van der Waals surface area contributed by atoms with Crippen LogP contribution in [-0.2, 0) is 11.2 Å². The molecule has 1 aromatic carbocycles. The number of fused-ring (bicyclic) bond motifs is 3. The fraction of sp³-hybridized carbons (Fsp3) is 0.562. The third-order valence-electron chi connectivity index (χ3n) is 4.43. The van der Waals surface area contributed by atoms with Gasteiger partial charge in [-0.1, -0.05) is 30.3 Å². The molecule has 4 rings (SSSR count). The Kier molecular flexibility index (Phi) is 4.21. The van der Waals surface area contributed by atoms with Crippen molar-refractivity contribution < 1.29 is 9.53 Å². The SMILES string of the molecule is O=C(NC1CN2CCC1CC2)OCCc1ccccc1. The van der Waals surface area contributed by atoms with Crippen LogP contribution in [0.25, 0.3) is 0 Å². The Labute approximate surface area is 120 Å². The van der Waals surface area contributed by atoms with Gasteiger partial charge < -0.3 is 15.0 Å². The Morgan fingerprint density at radius 1 is 1.25 bits per heavy atom. The Hall–Kier alpha value is -1.55. The number of ether oxygens (including phenoxy) is 1. The fourth-order valence-corrected chi connectivity index (χ4v) is 3.23. The average molecular weight is 274 g/mol. The summed E-state index contributed by atoms with van der Waals surface area (Å²) < 4.78 is 5.29. The van der Waals surface area contributed by atoms with Crippen molar-refractivity contribution in [3.05, 3.63) is 35.9 Å². The van der Waals surface area contributed by atoms with E-state index in [-0.39, 0.29) is 12.1 Å². The van der Waals surface area contributed by atoms with Crippen molar-refractivity contribution in [2.75, 3.05) is 26.2 Å². The van der Waals surface area contributed by atoms with Gasteiger partial charge in [-0.15, -0.1) is 0 Å². The molecule has 1 atom stereocenters. The minimum atomic E-state index is -0.264. The van der Waals surface area contributed by atoms with Crippen molar-refractivity contribution in [2.24, 2.45) is 5.92 Å². The van der Waals surface area contributed by atoms with Gasteiger partial charge in [0.25, 0.3) is 0 Å². The molecule has 3 saturated heterocycles. The van der Waals surface area contributed by atoms with E-state index in [0.717, 1.165) is 13.0 Å². The van der Waals surface area contributed by atoms with Crippen LogP contribution in [0.3, 0.4) is 0 Å². The topological polar surface area (TPSA) is 41.6 Å². The standard InChI is InChI=1S/C16H22N2O2/c19-16(20-11-8-13-4-2-1-3-5-13)17-15-12-18-9-6-14(15)7-10-18/h1-5,14-15H,6-12H2,(H,17,19). The average Bonchev–Trinajstić information content (AvgIpc) is 2.49. The fourth-order valence-electron chi connectivity index (χ4n) is 3.23. The smallest absolute Gasteiger partial charge is 0.407 e. The number of amides is 1. The van der Waals surface area contributed by atoms with Gasteiger partial charge in [0.1, 0.15) is 0 Å². The molecule has 1 amide bonds. The van der Waals surface area contributed by atoms with Crippen LogP contribution in [0.5, 0.6) is 0 Å². The number of hydrogen-bond acceptors (Lipinski definition) is 3. The summed E-state index contributed by atoms with van der Waals surface area (Å²) >= 11 is 0. The van der Waals surface area contributed by atoms with Crippen molar-refractivity contribution in [1.29, 1.82) is 0 Å². The highest BCUT2D eigenvalue weighted by molar-refractivity contribution is 5.67. The molecule has 1 N–H and O–H groups in total. The van der Waals surface area contributed by atoms with E-state index >= 15 is 0 Å². The normalized spacial score (nSPS) is 28.1. The van der Waals surface area contributed by atoms with Gasteiger partial charge in [0.2, 0.25) is 0 Å². The van der Waals surface area contributed by atoms with Crippen molar-refractivity contribution in [3.8, 4) is 0 Å². The number of carbonyl (C=O) groups is 1. The van der Waals surface area contributed by atoms with Gasteiger partial charge in [-0.3, -0.25) is 0 Å². The minimum absolute atomic E-state index is 0.264. The number of benzene rings is 1. The zero-order valence-electron chi connectivity index (χ0n) is 11.8. The molecule has 3 aliphatic heterocycles. The predicted molar refractivity (Wildman–Crippen MR) is 77.6 cm³/mol. The first-order chi connectivity index (χ1) is 9.81. The first-order valence-electron chi connectivity index (χ1n) is 7.51. The Balaban J connectivity index is 1.39. The quantitative estimate of drug-likeness (QED) is 0.913. The molecular formula is C16H22N2O2. The van der Waals surface area contributed by atoms with E-state index in [4.69, 9.17) is 4.74 Å². The molecule has 20 heavy (non-hydrogen) atoms. The van der Waals surface area contributed by atoms with Crippen molar-refractivity contribution in [3.63, 3.8) is 0 Å². The molecule has 4 heteroatoms. The Morgan fingerprint density at radius 3 is 2.65 bits per heavy atom. The van der Waals surface area contributed by atoms with Crippen LogP contribution in [0.2, 0.25) is 0 Å². The van der Waals surface area contributed by atoms with Crippen LogP contribution in [0, 0.1) is 5.92 Å². The molecule has 1 aromatic rings. The minimum Gasteiger partial charge on any atom is -0.449 e. The maximum atomic E-state index is 11.8. The van der Waals surface area contributed by atoms with E-state index in [1.165, 1.54) is 31.5 Å². The lowest BCUT2D eigenvalue weighted by molar-refractivity contribution is 0.0657. The number of carbonyl (C=O) groups excluding carboxylic acids is 1. The van der Waals surface area contributed by atoms with E-state index in [2.05, 4.69) is 22.3 Å². The lowest BCUT2D eigenvalue weighted by atomic mass is 9.84. The van der Waals surface area contributed by atoms with E-state index < -0.39 is 0 Å². The third-order valence-corrected chi connectivity index (χ3v) is 4.43. The number of rotatable bonds is 4. The highest BCUT2D eigenvalue weighted by atomic mass is 16.5. The molecule has 0 spiro atoms. The van der Waals surface area contributed by atoms with Crippen molar-refractivity contribution in [1.82, 2.24) is 10.2 Å². The largest absolute Gasteiger partial charge is 0.449 e. The molecule has 1 unspecified atom stereocenters. The first-order valence-corrected chi connectivity index (χ1v) is 7.51. The summed E-state index contributed by atoms with van der Waals surface area (Å²) in [6, 6.07) is 10.4.